The predicted octanol–water partition coefficient (Wildman–Crippen LogP) is 5.07. The largest absolute Gasteiger partial charge is 0.497 e. The van der Waals surface area contributed by atoms with E-state index < -0.39 is 17.8 Å². The molecule has 0 spiro atoms. The van der Waals surface area contributed by atoms with Crippen molar-refractivity contribution in [1.82, 2.24) is 10.3 Å². The molecule has 0 saturated heterocycles. The van der Waals surface area contributed by atoms with Crippen LogP contribution in [-0.2, 0) is 4.79 Å². The molecule has 2 amide bonds. The number of rotatable bonds is 8. The van der Waals surface area contributed by atoms with Gasteiger partial charge < -0.3 is 14.8 Å². The lowest BCUT2D eigenvalue weighted by atomic mass is 9.94. The van der Waals surface area contributed by atoms with Gasteiger partial charge in [0, 0.05) is 23.5 Å². The second-order valence-electron chi connectivity index (χ2n) is 8.72. The van der Waals surface area contributed by atoms with Gasteiger partial charge >= 0.3 is 0 Å². The summed E-state index contributed by atoms with van der Waals surface area (Å²) in [4.78, 5) is 33.4. The summed E-state index contributed by atoms with van der Waals surface area (Å²) in [6, 6.07) is 14.4. The zero-order chi connectivity index (χ0) is 25.5. The average Bonchev–Trinajstić information content (AvgIpc) is 2.92. The van der Waals surface area contributed by atoms with Crippen molar-refractivity contribution in [2.45, 2.75) is 44.2 Å². The second-order valence-corrected chi connectivity index (χ2v) is 8.72. The summed E-state index contributed by atoms with van der Waals surface area (Å²) in [5, 5.41) is 3.13. The van der Waals surface area contributed by atoms with E-state index >= 15 is 0 Å². The number of methoxy groups -OCH3 is 2. The van der Waals surface area contributed by atoms with E-state index in [4.69, 9.17) is 9.47 Å². The molecule has 0 aliphatic heterocycles. The molecule has 1 aromatic heterocycles. The first-order valence-electron chi connectivity index (χ1n) is 12.0. The smallest absolute Gasteiger partial charge is 0.277 e. The Morgan fingerprint density at radius 3 is 2.47 bits per heavy atom. The molecule has 1 fully saturated rings. The molecule has 1 heterocycles. The molecule has 2 aromatic carbocycles. The van der Waals surface area contributed by atoms with Gasteiger partial charge in [-0.05, 0) is 61.4 Å². The van der Waals surface area contributed by atoms with Crippen LogP contribution in [0.25, 0.3) is 0 Å². The average molecular weight is 492 g/mol. The molecule has 1 saturated carbocycles. The Hall–Kier alpha value is -3.94. The van der Waals surface area contributed by atoms with Crippen molar-refractivity contribution >= 4 is 17.5 Å². The van der Waals surface area contributed by atoms with Gasteiger partial charge in [-0.3, -0.25) is 19.5 Å². The summed E-state index contributed by atoms with van der Waals surface area (Å²) in [5.74, 6) is -0.576. The van der Waals surface area contributed by atoms with Crippen LogP contribution in [0.15, 0.2) is 66.9 Å². The second kappa shape index (κ2) is 11.7. The number of nitrogens with one attached hydrogen (secondary N) is 1. The van der Waals surface area contributed by atoms with Crippen LogP contribution < -0.4 is 19.7 Å². The summed E-state index contributed by atoms with van der Waals surface area (Å²) in [6.07, 6.45) is 6.41. The molecule has 0 unspecified atom stereocenters. The first-order chi connectivity index (χ1) is 17.5. The Bertz CT molecular complexity index is 1200. The number of hydrogen-bond acceptors (Lipinski definition) is 5. The van der Waals surface area contributed by atoms with Crippen molar-refractivity contribution in [2.75, 3.05) is 19.1 Å². The van der Waals surface area contributed by atoms with Crippen LogP contribution in [0.4, 0.5) is 10.1 Å². The van der Waals surface area contributed by atoms with E-state index in [1.54, 1.807) is 42.5 Å². The maximum absolute atomic E-state index is 14.4. The fourth-order valence-electron chi connectivity index (χ4n) is 4.60. The maximum Gasteiger partial charge on any atom is 0.277 e. The first kappa shape index (κ1) is 25.2. The number of carbonyl (C=O) groups is 2. The molecule has 36 heavy (non-hydrogen) atoms. The molecule has 1 aliphatic carbocycles. The number of benzene rings is 2. The Kier molecular flexibility index (Phi) is 8.15. The molecular weight excluding hydrogens is 461 g/mol. The zero-order valence-corrected chi connectivity index (χ0v) is 20.4. The number of anilines is 1. The molecule has 3 aromatic rings. The number of hydrogen-bond donors (Lipinski definition) is 1. The van der Waals surface area contributed by atoms with Crippen molar-refractivity contribution in [3.63, 3.8) is 0 Å². The van der Waals surface area contributed by atoms with Crippen LogP contribution in [0, 0.1) is 5.82 Å². The van der Waals surface area contributed by atoms with Crippen LogP contribution in [0.2, 0.25) is 0 Å². The third-order valence-corrected chi connectivity index (χ3v) is 6.38. The number of pyridine rings is 1. The molecule has 1 atom stereocenters. The van der Waals surface area contributed by atoms with Gasteiger partial charge in [0.1, 0.15) is 29.1 Å². The summed E-state index contributed by atoms with van der Waals surface area (Å²) >= 11 is 0. The molecule has 1 aliphatic rings. The van der Waals surface area contributed by atoms with Gasteiger partial charge in [-0.2, -0.15) is 0 Å². The van der Waals surface area contributed by atoms with E-state index in [2.05, 4.69) is 10.3 Å². The molecule has 0 bridgehead atoms. The van der Waals surface area contributed by atoms with Crippen LogP contribution in [0.5, 0.6) is 11.5 Å². The van der Waals surface area contributed by atoms with Crippen molar-refractivity contribution in [1.29, 1.82) is 0 Å². The van der Waals surface area contributed by atoms with Gasteiger partial charge in [-0.25, -0.2) is 4.39 Å². The molecular formula is C28H30FN3O4. The number of nitrogens with zero attached hydrogens (tertiary/aromatic N) is 2. The van der Waals surface area contributed by atoms with Crippen molar-refractivity contribution in [3.8, 4) is 11.5 Å². The van der Waals surface area contributed by atoms with Gasteiger partial charge in [0.2, 0.25) is 5.91 Å². The molecule has 8 heteroatoms. The normalized spacial score (nSPS) is 14.5. The Balaban J connectivity index is 1.89. The third kappa shape index (κ3) is 5.64. The lowest BCUT2D eigenvalue weighted by Gasteiger charge is -2.34. The van der Waals surface area contributed by atoms with Gasteiger partial charge in [-0.1, -0.05) is 31.4 Å². The number of aromatic nitrogens is 1. The molecule has 7 nitrogen and oxygen atoms in total. The van der Waals surface area contributed by atoms with E-state index in [1.807, 2.05) is 0 Å². The highest BCUT2D eigenvalue weighted by Crippen LogP contribution is 2.37. The van der Waals surface area contributed by atoms with Crippen molar-refractivity contribution in [3.05, 3.63) is 83.9 Å². The monoisotopic (exact) mass is 491 g/mol. The highest BCUT2D eigenvalue weighted by molar-refractivity contribution is 6.09. The van der Waals surface area contributed by atoms with E-state index in [0.717, 1.165) is 32.1 Å². The van der Waals surface area contributed by atoms with E-state index in [0.29, 0.717) is 17.1 Å². The third-order valence-electron chi connectivity index (χ3n) is 6.38. The number of amides is 2. The van der Waals surface area contributed by atoms with E-state index in [1.165, 1.54) is 43.5 Å². The van der Waals surface area contributed by atoms with Crippen molar-refractivity contribution in [2.24, 2.45) is 0 Å². The number of carbonyl (C=O) groups excluding carboxylic acids is 2. The first-order valence-corrected chi connectivity index (χ1v) is 12.0. The minimum Gasteiger partial charge on any atom is -0.497 e. The number of halogens is 1. The Morgan fingerprint density at radius 1 is 1.00 bits per heavy atom. The van der Waals surface area contributed by atoms with E-state index in [-0.39, 0.29) is 23.3 Å². The maximum atomic E-state index is 14.4. The Morgan fingerprint density at radius 2 is 1.81 bits per heavy atom. The summed E-state index contributed by atoms with van der Waals surface area (Å²) in [6.45, 7) is 0. The summed E-state index contributed by atoms with van der Waals surface area (Å²) in [7, 11) is 3.01. The van der Waals surface area contributed by atoms with Crippen LogP contribution >= 0.6 is 0 Å². The van der Waals surface area contributed by atoms with Crippen LogP contribution in [0.3, 0.4) is 0 Å². The fraction of sp³-hybridized carbons (Fsp3) is 0.321. The standard InChI is InChI=1S/C28H30FN3O4/c1-35-22-14-15-25(36-2)23(18-22)26(27(33)31-20-10-4-3-5-11-20)32(21-12-8-9-19(29)17-21)28(34)24-13-6-7-16-30-24/h6-9,12-18,20,26H,3-5,10-11H2,1-2H3,(H,31,33)/t26-/m1/s1. The van der Waals surface area contributed by atoms with Gasteiger partial charge in [0.05, 0.1) is 14.2 Å². The van der Waals surface area contributed by atoms with Crippen molar-refractivity contribution < 1.29 is 23.5 Å². The summed E-state index contributed by atoms with van der Waals surface area (Å²) in [5.41, 5.74) is 0.761. The van der Waals surface area contributed by atoms with E-state index in [9.17, 15) is 14.0 Å². The SMILES string of the molecule is COc1ccc(OC)c([C@H](C(=O)NC2CCCCC2)N(C(=O)c2ccccn2)c2cccc(F)c2)c1. The van der Waals surface area contributed by atoms with Gasteiger partial charge in [-0.15, -0.1) is 0 Å². The molecule has 0 radical (unpaired) electrons. The predicted molar refractivity (Wildman–Crippen MR) is 135 cm³/mol. The number of ether oxygens (including phenoxy) is 2. The van der Waals surface area contributed by atoms with Gasteiger partial charge in [0.25, 0.3) is 5.91 Å². The lowest BCUT2D eigenvalue weighted by molar-refractivity contribution is -0.123. The minimum atomic E-state index is -1.17. The van der Waals surface area contributed by atoms with Gasteiger partial charge in [0.15, 0.2) is 0 Å². The topological polar surface area (TPSA) is 80.8 Å². The summed E-state index contributed by atoms with van der Waals surface area (Å²) < 4.78 is 25.4. The molecule has 188 valence electrons. The molecule has 1 N–H and O–H groups in total. The highest BCUT2D eigenvalue weighted by Gasteiger charge is 2.37. The molecule has 4 rings (SSSR count). The quantitative estimate of drug-likeness (QED) is 0.476. The lowest BCUT2D eigenvalue weighted by Crippen LogP contribution is -2.47. The fourth-order valence-corrected chi connectivity index (χ4v) is 4.60. The minimum absolute atomic E-state index is 0.00957. The van der Waals surface area contributed by atoms with Crippen LogP contribution in [0.1, 0.15) is 54.2 Å². The highest BCUT2D eigenvalue weighted by atomic mass is 19.1. The van der Waals surface area contributed by atoms with Crippen LogP contribution in [-0.4, -0.2) is 37.1 Å². The zero-order valence-electron chi connectivity index (χ0n) is 20.4. The Labute approximate surface area is 210 Å².